The second kappa shape index (κ2) is 3.31. The average molecular weight is 282 g/mol. The first-order valence-electron chi connectivity index (χ1n) is 5.28. The number of hydrogen-bond donors (Lipinski definition) is 0. The molecule has 0 atom stereocenters. The lowest BCUT2D eigenvalue weighted by Gasteiger charge is -2.22. The monoisotopic (exact) mass is 282 g/mol. The van der Waals surface area contributed by atoms with Gasteiger partial charge in [0.05, 0.1) is 9.75 Å². The molecule has 2 aromatic rings. The van der Waals surface area contributed by atoms with Crippen molar-refractivity contribution in [1.82, 2.24) is 0 Å². The van der Waals surface area contributed by atoms with Crippen LogP contribution in [0.15, 0.2) is 17.5 Å². The summed E-state index contributed by atoms with van der Waals surface area (Å²) in [4.78, 5) is 4.54. The quantitative estimate of drug-likeness (QED) is 0.682. The number of hydrogen-bond acceptors (Lipinski definition) is 4. The number of aryl methyl sites for hydroxylation is 1. The number of thiophene rings is 2. The van der Waals surface area contributed by atoms with Crippen molar-refractivity contribution in [2.45, 2.75) is 11.0 Å². The Kier molecular flexibility index (Phi) is 2.08. The summed E-state index contributed by atoms with van der Waals surface area (Å²) in [5, 5.41) is 2.25. The van der Waals surface area contributed by atoms with Gasteiger partial charge < -0.3 is 0 Å². The summed E-state index contributed by atoms with van der Waals surface area (Å²) in [7, 11) is 0. The van der Waals surface area contributed by atoms with Crippen LogP contribution >= 0.6 is 46.2 Å². The van der Waals surface area contributed by atoms with Crippen LogP contribution in [0.3, 0.4) is 0 Å². The van der Waals surface area contributed by atoms with Gasteiger partial charge in [-0.2, -0.15) is 0 Å². The molecule has 2 aliphatic rings. The van der Waals surface area contributed by atoms with E-state index in [0.717, 1.165) is 0 Å². The topological polar surface area (TPSA) is 0 Å². The molecule has 16 heavy (non-hydrogen) atoms. The molecular weight excluding hydrogens is 272 g/mol. The second-order valence-corrected chi connectivity index (χ2v) is 9.13. The summed E-state index contributed by atoms with van der Waals surface area (Å²) in [6, 6.07) is 4.76. The molecule has 1 aliphatic carbocycles. The fraction of sp³-hybridized carbons (Fsp3) is 0.333. The van der Waals surface area contributed by atoms with E-state index in [1.54, 1.807) is 16.0 Å². The van der Waals surface area contributed by atoms with E-state index >= 15 is 0 Å². The van der Waals surface area contributed by atoms with Crippen LogP contribution in [0.5, 0.6) is 0 Å². The van der Waals surface area contributed by atoms with E-state index in [9.17, 15) is 0 Å². The van der Waals surface area contributed by atoms with Crippen LogP contribution in [-0.4, -0.2) is 11.5 Å². The summed E-state index contributed by atoms with van der Waals surface area (Å²) in [5.41, 5.74) is 3.16. The van der Waals surface area contributed by atoms with Gasteiger partial charge >= 0.3 is 0 Å². The molecule has 0 amide bonds. The van der Waals surface area contributed by atoms with Crippen LogP contribution in [-0.2, 0) is 4.08 Å². The molecule has 1 aliphatic heterocycles. The van der Waals surface area contributed by atoms with Crippen LogP contribution < -0.4 is 0 Å². The predicted molar refractivity (Wildman–Crippen MR) is 78.1 cm³/mol. The molecular formula is C12H10S4. The van der Waals surface area contributed by atoms with Crippen molar-refractivity contribution in [1.29, 1.82) is 0 Å². The van der Waals surface area contributed by atoms with Gasteiger partial charge in [-0.1, -0.05) is 0 Å². The Hall–Kier alpha value is 0.1000. The summed E-state index contributed by atoms with van der Waals surface area (Å²) in [6.07, 6.45) is 0. The largest absolute Gasteiger partial charge is 0.143 e. The standard InChI is InChI=1S/C12H10S4/c1-7-6-9-11(16-7)10-8(2-3-13-10)12(9)14-4-5-15-12/h2-3,6H,4-5H2,1H3. The number of fused-ring (bicyclic) bond motifs is 5. The maximum absolute atomic E-state index is 2.41. The van der Waals surface area contributed by atoms with Crippen molar-refractivity contribution in [3.63, 3.8) is 0 Å². The molecule has 0 saturated carbocycles. The Balaban J connectivity index is 2.07. The summed E-state index contributed by atoms with van der Waals surface area (Å²) >= 11 is 8.15. The van der Waals surface area contributed by atoms with Crippen molar-refractivity contribution in [2.24, 2.45) is 0 Å². The van der Waals surface area contributed by atoms with Gasteiger partial charge in [0.2, 0.25) is 0 Å². The molecule has 0 nitrogen and oxygen atoms in total. The average Bonchev–Trinajstić information content (AvgIpc) is 2.95. The lowest BCUT2D eigenvalue weighted by molar-refractivity contribution is 1.15. The minimum Gasteiger partial charge on any atom is -0.143 e. The van der Waals surface area contributed by atoms with Gasteiger partial charge in [0.25, 0.3) is 0 Å². The Morgan fingerprint density at radius 3 is 2.75 bits per heavy atom. The molecule has 1 spiro atoms. The maximum Gasteiger partial charge on any atom is 0.114 e. The van der Waals surface area contributed by atoms with Crippen molar-refractivity contribution in [2.75, 3.05) is 11.5 Å². The van der Waals surface area contributed by atoms with E-state index < -0.39 is 0 Å². The lowest BCUT2D eigenvalue weighted by atomic mass is 10.2. The highest BCUT2D eigenvalue weighted by molar-refractivity contribution is 8.21. The fourth-order valence-electron chi connectivity index (χ4n) is 2.54. The number of thioether (sulfide) groups is 2. The Labute approximate surface area is 111 Å². The van der Waals surface area contributed by atoms with Gasteiger partial charge in [-0.25, -0.2) is 0 Å². The van der Waals surface area contributed by atoms with Crippen LogP contribution in [0, 0.1) is 6.92 Å². The molecule has 0 unspecified atom stereocenters. The van der Waals surface area contributed by atoms with Gasteiger partial charge in [0.1, 0.15) is 4.08 Å². The zero-order valence-corrected chi connectivity index (χ0v) is 12.0. The molecule has 2 aromatic heterocycles. The Bertz CT molecular complexity index is 557. The van der Waals surface area contributed by atoms with Crippen LogP contribution in [0.1, 0.15) is 16.0 Å². The molecule has 1 fully saturated rings. The van der Waals surface area contributed by atoms with Gasteiger partial charge in [-0.15, -0.1) is 46.2 Å². The first-order valence-corrected chi connectivity index (χ1v) is 8.95. The molecule has 0 aromatic carbocycles. The van der Waals surface area contributed by atoms with Gasteiger partial charge in [0.15, 0.2) is 0 Å². The first kappa shape index (κ1) is 10.1. The maximum atomic E-state index is 2.41. The molecule has 0 bridgehead atoms. The zero-order chi connectivity index (χ0) is 10.8. The predicted octanol–water partition coefficient (Wildman–Crippen LogP) is 4.78. The summed E-state index contributed by atoms with van der Waals surface area (Å²) in [5.74, 6) is 2.57. The van der Waals surface area contributed by atoms with Gasteiger partial charge in [-0.3, -0.25) is 0 Å². The minimum absolute atomic E-state index is 0.259. The van der Waals surface area contributed by atoms with Crippen molar-refractivity contribution >= 4 is 46.2 Å². The third-order valence-electron chi connectivity index (χ3n) is 3.13. The molecule has 4 heteroatoms. The first-order chi connectivity index (χ1) is 7.81. The Morgan fingerprint density at radius 1 is 1.12 bits per heavy atom. The van der Waals surface area contributed by atoms with Gasteiger partial charge in [-0.05, 0) is 24.4 Å². The molecule has 82 valence electrons. The summed E-state index contributed by atoms with van der Waals surface area (Å²) in [6.45, 7) is 2.23. The molecule has 0 radical (unpaired) electrons. The Morgan fingerprint density at radius 2 is 1.94 bits per heavy atom. The molecule has 0 N–H and O–H groups in total. The molecule has 1 saturated heterocycles. The fourth-order valence-corrected chi connectivity index (χ4v) is 8.36. The van der Waals surface area contributed by atoms with E-state index in [2.05, 4.69) is 48.0 Å². The highest BCUT2D eigenvalue weighted by atomic mass is 32.2. The van der Waals surface area contributed by atoms with Crippen molar-refractivity contribution in [3.05, 3.63) is 33.5 Å². The third-order valence-corrected chi connectivity index (χ3v) is 8.73. The SMILES string of the molecule is Cc1cc2c(s1)-c1sccc1C21SCCS1. The number of rotatable bonds is 0. The third kappa shape index (κ3) is 1.09. The smallest absolute Gasteiger partial charge is 0.114 e. The molecule has 4 rings (SSSR count). The van der Waals surface area contributed by atoms with Gasteiger partial charge in [0, 0.05) is 27.5 Å². The molecule has 3 heterocycles. The van der Waals surface area contributed by atoms with E-state index in [-0.39, 0.29) is 4.08 Å². The van der Waals surface area contributed by atoms with Crippen LogP contribution in [0.4, 0.5) is 0 Å². The van der Waals surface area contributed by atoms with Crippen molar-refractivity contribution in [3.8, 4) is 9.75 Å². The highest BCUT2D eigenvalue weighted by Gasteiger charge is 2.48. The lowest BCUT2D eigenvalue weighted by Crippen LogP contribution is -2.10. The van der Waals surface area contributed by atoms with Crippen LogP contribution in [0.25, 0.3) is 9.75 Å². The second-order valence-electron chi connectivity index (χ2n) is 4.08. The summed E-state index contributed by atoms with van der Waals surface area (Å²) < 4.78 is 0.259. The highest BCUT2D eigenvalue weighted by Crippen LogP contribution is 2.66. The van der Waals surface area contributed by atoms with E-state index in [4.69, 9.17) is 0 Å². The van der Waals surface area contributed by atoms with E-state index in [1.807, 2.05) is 22.7 Å². The zero-order valence-electron chi connectivity index (χ0n) is 8.78. The van der Waals surface area contributed by atoms with Crippen molar-refractivity contribution < 1.29 is 0 Å². The van der Waals surface area contributed by atoms with Crippen LogP contribution in [0.2, 0.25) is 0 Å². The van der Waals surface area contributed by atoms with E-state index in [1.165, 1.54) is 21.3 Å². The van der Waals surface area contributed by atoms with E-state index in [0.29, 0.717) is 0 Å². The normalized spacial score (nSPS) is 20.3. The minimum atomic E-state index is 0.259.